The van der Waals surface area contributed by atoms with Crippen molar-refractivity contribution in [2.75, 3.05) is 10.6 Å². The zero-order valence-electron chi connectivity index (χ0n) is 20.6. The summed E-state index contributed by atoms with van der Waals surface area (Å²) in [7, 11) is 0. The van der Waals surface area contributed by atoms with Crippen molar-refractivity contribution < 1.29 is 18.0 Å². The molecule has 5 aromatic rings. The number of aryl methyl sites for hydroxylation is 2. The van der Waals surface area contributed by atoms with Crippen LogP contribution in [-0.2, 0) is 6.18 Å². The van der Waals surface area contributed by atoms with E-state index >= 15 is 0 Å². The van der Waals surface area contributed by atoms with Crippen LogP contribution in [-0.4, -0.2) is 30.4 Å². The lowest BCUT2D eigenvalue weighted by molar-refractivity contribution is -0.137. The summed E-state index contributed by atoms with van der Waals surface area (Å²) in [6.07, 6.45) is 0.210. The molecular weight excluding hydrogens is 511 g/mol. The second-order valence-corrected chi connectivity index (χ2v) is 8.65. The highest BCUT2D eigenvalue weighted by atomic mass is 19.4. The van der Waals surface area contributed by atoms with Gasteiger partial charge in [0.05, 0.1) is 28.5 Å². The van der Waals surface area contributed by atoms with Crippen molar-refractivity contribution in [2.45, 2.75) is 20.0 Å². The van der Waals surface area contributed by atoms with Crippen LogP contribution in [0.2, 0.25) is 0 Å². The lowest BCUT2D eigenvalue weighted by Crippen LogP contribution is -2.25. The van der Waals surface area contributed by atoms with Crippen molar-refractivity contribution in [1.29, 1.82) is 0 Å². The van der Waals surface area contributed by atoms with Crippen LogP contribution < -0.4 is 16.3 Å². The number of amides is 1. The van der Waals surface area contributed by atoms with Gasteiger partial charge in [0.15, 0.2) is 5.65 Å². The zero-order chi connectivity index (χ0) is 27.7. The Morgan fingerprint density at radius 1 is 0.949 bits per heavy atom. The minimum absolute atomic E-state index is 0.152. The van der Waals surface area contributed by atoms with Gasteiger partial charge < -0.3 is 10.6 Å². The third-order valence-electron chi connectivity index (χ3n) is 5.96. The Hall–Kier alpha value is -5.13. The summed E-state index contributed by atoms with van der Waals surface area (Å²) in [6.45, 7) is 3.50. The molecule has 3 aromatic heterocycles. The van der Waals surface area contributed by atoms with Gasteiger partial charge in [0.25, 0.3) is 5.91 Å². The monoisotopic (exact) mass is 531 g/mol. The normalized spacial score (nSPS) is 11.4. The van der Waals surface area contributed by atoms with E-state index in [1.54, 1.807) is 62.8 Å². The molecule has 0 aliphatic rings. The van der Waals surface area contributed by atoms with E-state index in [1.807, 2.05) is 0 Å². The summed E-state index contributed by atoms with van der Waals surface area (Å²) < 4.78 is 40.6. The Morgan fingerprint density at radius 3 is 2.51 bits per heavy atom. The van der Waals surface area contributed by atoms with E-state index in [2.05, 4.69) is 30.6 Å². The fourth-order valence-electron chi connectivity index (χ4n) is 4.00. The molecule has 0 aliphatic heterocycles. The van der Waals surface area contributed by atoms with Gasteiger partial charge >= 0.3 is 11.9 Å². The van der Waals surface area contributed by atoms with Gasteiger partial charge in [-0.25, -0.2) is 9.78 Å². The largest absolute Gasteiger partial charge is 0.416 e. The van der Waals surface area contributed by atoms with E-state index < -0.39 is 23.3 Å². The highest BCUT2D eigenvalue weighted by Crippen LogP contribution is 2.30. The molecular formula is C27H20F3N7O2. The quantitative estimate of drug-likeness (QED) is 0.320. The number of nitrogens with one attached hydrogen (secondary N) is 2. The standard InChI is InChI=1S/C27H20F3N7O2/c1-15-8-9-19(33-24(38)17-5-3-6-18(11-17)27(28,29)30)12-22(15)37-16(2)21-14-32-25(35-23(21)36-26(37)39)34-20-7-4-10-31-13-20/h3-14H,1-2H3,(H,33,38)(H,34,35,36,39). The molecule has 3 heterocycles. The Kier molecular flexibility index (Phi) is 6.52. The maximum atomic E-state index is 13.1. The number of anilines is 3. The number of carbonyl (C=O) groups excluding carboxylic acids is 1. The van der Waals surface area contributed by atoms with E-state index in [0.29, 0.717) is 28.0 Å². The molecule has 0 saturated carbocycles. The molecule has 196 valence electrons. The van der Waals surface area contributed by atoms with Gasteiger partial charge in [0, 0.05) is 29.3 Å². The van der Waals surface area contributed by atoms with E-state index in [-0.39, 0.29) is 22.8 Å². The van der Waals surface area contributed by atoms with E-state index in [4.69, 9.17) is 0 Å². The fraction of sp³-hybridized carbons (Fsp3) is 0.111. The molecule has 1 amide bonds. The number of nitrogens with zero attached hydrogens (tertiary/aromatic N) is 5. The van der Waals surface area contributed by atoms with Crippen LogP contribution in [0.25, 0.3) is 16.7 Å². The number of hydrogen-bond donors (Lipinski definition) is 2. The summed E-state index contributed by atoms with van der Waals surface area (Å²) in [5.41, 5.74) is 1.13. The number of benzene rings is 2. The minimum atomic E-state index is -4.58. The molecule has 0 aliphatic carbocycles. The van der Waals surface area contributed by atoms with Crippen molar-refractivity contribution in [2.24, 2.45) is 0 Å². The van der Waals surface area contributed by atoms with Gasteiger partial charge in [-0.1, -0.05) is 12.1 Å². The van der Waals surface area contributed by atoms with Gasteiger partial charge in [-0.15, -0.1) is 0 Å². The Labute approximate surface area is 219 Å². The van der Waals surface area contributed by atoms with Crippen LogP contribution in [0.4, 0.5) is 30.5 Å². The summed E-state index contributed by atoms with van der Waals surface area (Å²) >= 11 is 0. The maximum absolute atomic E-state index is 13.1. The van der Waals surface area contributed by atoms with Gasteiger partial charge in [-0.2, -0.15) is 23.1 Å². The Morgan fingerprint density at radius 2 is 1.77 bits per heavy atom. The molecule has 2 N–H and O–H groups in total. The molecule has 12 heteroatoms. The second kappa shape index (κ2) is 9.97. The Bertz CT molecular complexity index is 1770. The summed E-state index contributed by atoms with van der Waals surface area (Å²) in [4.78, 5) is 42.7. The molecule has 0 bridgehead atoms. The molecule has 0 radical (unpaired) electrons. The molecule has 2 aromatic carbocycles. The SMILES string of the molecule is Cc1ccc(NC(=O)c2cccc(C(F)(F)F)c2)cc1-n1c(C)c2cnc(Nc3cccnc3)nc2nc1=O. The molecule has 5 rings (SSSR count). The lowest BCUT2D eigenvalue weighted by Gasteiger charge is -2.16. The van der Waals surface area contributed by atoms with Crippen LogP contribution in [0, 0.1) is 13.8 Å². The predicted molar refractivity (Wildman–Crippen MR) is 139 cm³/mol. The third-order valence-corrected chi connectivity index (χ3v) is 5.96. The first-order valence-corrected chi connectivity index (χ1v) is 11.6. The third kappa shape index (κ3) is 5.30. The lowest BCUT2D eigenvalue weighted by atomic mass is 10.1. The van der Waals surface area contributed by atoms with Gasteiger partial charge in [0.2, 0.25) is 5.95 Å². The van der Waals surface area contributed by atoms with E-state index in [0.717, 1.165) is 12.1 Å². The van der Waals surface area contributed by atoms with Crippen LogP contribution in [0.15, 0.2) is 78.0 Å². The number of hydrogen-bond acceptors (Lipinski definition) is 7. The van der Waals surface area contributed by atoms with Crippen LogP contribution in [0.1, 0.15) is 27.2 Å². The number of fused-ring (bicyclic) bond motifs is 1. The van der Waals surface area contributed by atoms with Crippen LogP contribution in [0.5, 0.6) is 0 Å². The minimum Gasteiger partial charge on any atom is -0.323 e. The first kappa shape index (κ1) is 25.5. The second-order valence-electron chi connectivity index (χ2n) is 8.65. The number of halogens is 3. The molecule has 0 fully saturated rings. The highest BCUT2D eigenvalue weighted by Gasteiger charge is 2.31. The molecule has 0 unspecified atom stereocenters. The molecule has 0 atom stereocenters. The average molecular weight is 531 g/mol. The number of pyridine rings is 1. The molecule has 0 spiro atoms. The molecule has 9 nitrogen and oxygen atoms in total. The topological polar surface area (TPSA) is 115 Å². The number of rotatable bonds is 5. The van der Waals surface area contributed by atoms with Gasteiger partial charge in [-0.3, -0.25) is 14.3 Å². The van der Waals surface area contributed by atoms with Crippen LogP contribution >= 0.6 is 0 Å². The summed E-state index contributed by atoms with van der Waals surface area (Å²) in [5.74, 6) is -0.478. The van der Waals surface area contributed by atoms with Crippen molar-refractivity contribution in [3.05, 3.63) is 106 Å². The molecule has 39 heavy (non-hydrogen) atoms. The van der Waals surface area contributed by atoms with Crippen LogP contribution in [0.3, 0.4) is 0 Å². The Balaban J connectivity index is 1.48. The number of aromatic nitrogens is 5. The zero-order valence-corrected chi connectivity index (χ0v) is 20.6. The number of carbonyl (C=O) groups is 1. The van der Waals surface area contributed by atoms with Crippen molar-refractivity contribution in [3.63, 3.8) is 0 Å². The van der Waals surface area contributed by atoms with Crippen molar-refractivity contribution in [3.8, 4) is 5.69 Å². The predicted octanol–water partition coefficient (Wildman–Crippen LogP) is 5.20. The first-order chi connectivity index (χ1) is 18.6. The molecule has 0 saturated heterocycles. The number of alkyl halides is 3. The average Bonchev–Trinajstić information content (AvgIpc) is 2.90. The van der Waals surface area contributed by atoms with Gasteiger partial charge in [-0.05, 0) is 61.9 Å². The summed E-state index contributed by atoms with van der Waals surface area (Å²) in [6, 6.07) is 12.5. The first-order valence-electron chi connectivity index (χ1n) is 11.6. The highest BCUT2D eigenvalue weighted by molar-refractivity contribution is 6.04. The smallest absolute Gasteiger partial charge is 0.323 e. The summed E-state index contributed by atoms with van der Waals surface area (Å²) in [5, 5.41) is 6.14. The van der Waals surface area contributed by atoms with Crippen molar-refractivity contribution in [1.82, 2.24) is 24.5 Å². The fourth-order valence-corrected chi connectivity index (χ4v) is 4.00. The van der Waals surface area contributed by atoms with Gasteiger partial charge in [0.1, 0.15) is 0 Å². The van der Waals surface area contributed by atoms with Crippen molar-refractivity contribution >= 4 is 34.3 Å². The maximum Gasteiger partial charge on any atom is 0.416 e. The van der Waals surface area contributed by atoms with E-state index in [1.165, 1.54) is 16.7 Å². The van der Waals surface area contributed by atoms with E-state index in [9.17, 15) is 22.8 Å².